The van der Waals surface area contributed by atoms with Gasteiger partial charge in [0.2, 0.25) is 5.91 Å². The number of rotatable bonds is 10. The third kappa shape index (κ3) is 9.61. The van der Waals surface area contributed by atoms with Gasteiger partial charge in [-0.25, -0.2) is 9.59 Å². The molecule has 0 aliphatic carbocycles. The zero-order chi connectivity index (χ0) is 30.3. The number of nitrogens with one attached hydrogen (secondary N) is 2. The minimum atomic E-state index is -4.71. The molecular formula is C25H35F3N6O6. The number of hydrogen-bond donors (Lipinski definition) is 5. The van der Waals surface area contributed by atoms with Crippen LogP contribution < -0.4 is 22.1 Å². The molecule has 0 spiro atoms. The molecule has 0 radical (unpaired) electrons. The van der Waals surface area contributed by atoms with Gasteiger partial charge in [0.05, 0.1) is 5.56 Å². The number of hydrogen-bond acceptors (Lipinski definition) is 6. The topological polar surface area (TPSA) is 189 Å². The molecule has 1 fully saturated rings. The molecule has 1 aliphatic rings. The lowest BCUT2D eigenvalue weighted by Gasteiger charge is -2.30. The molecule has 0 saturated carbocycles. The van der Waals surface area contributed by atoms with Gasteiger partial charge in [0.15, 0.2) is 5.96 Å². The average Bonchev–Trinajstić information content (AvgIpc) is 3.32. The SMILES string of the molecule is CC(C)(C)OC(=O)N[C@H](C(=O)N1CCC[C@H]1C(=O)N[C@@H](CCCN=C(N)N)C(=O)O)c1cccc(C(F)(F)F)c1. The van der Waals surface area contributed by atoms with Crippen molar-refractivity contribution < 1.29 is 42.2 Å². The monoisotopic (exact) mass is 572 g/mol. The normalized spacial score (nSPS) is 16.9. The van der Waals surface area contributed by atoms with Crippen LogP contribution >= 0.6 is 0 Å². The summed E-state index contributed by atoms with van der Waals surface area (Å²) in [6, 6.07) is -0.105. The van der Waals surface area contributed by atoms with Crippen LogP contribution in [0, 0.1) is 0 Å². The number of alkyl carbamates (subject to hydrolysis) is 1. The summed E-state index contributed by atoms with van der Waals surface area (Å²) < 4.78 is 45.4. The summed E-state index contributed by atoms with van der Waals surface area (Å²) in [6.45, 7) is 4.93. The van der Waals surface area contributed by atoms with E-state index in [9.17, 15) is 37.5 Å². The number of aliphatic imine (C=N–C) groups is 1. The van der Waals surface area contributed by atoms with E-state index in [-0.39, 0.29) is 43.9 Å². The number of benzene rings is 1. The maximum atomic E-state index is 13.7. The van der Waals surface area contributed by atoms with Crippen LogP contribution in [0.15, 0.2) is 29.3 Å². The second-order valence-electron chi connectivity index (χ2n) is 10.2. The lowest BCUT2D eigenvalue weighted by atomic mass is 10.0. The number of halogens is 3. The molecule has 222 valence electrons. The molecule has 12 nitrogen and oxygen atoms in total. The molecule has 1 aliphatic heterocycles. The van der Waals surface area contributed by atoms with Crippen molar-refractivity contribution in [2.24, 2.45) is 16.5 Å². The van der Waals surface area contributed by atoms with Crippen molar-refractivity contribution >= 4 is 29.8 Å². The lowest BCUT2D eigenvalue weighted by molar-refractivity contribution is -0.144. The summed E-state index contributed by atoms with van der Waals surface area (Å²) >= 11 is 0. The quantitative estimate of drug-likeness (QED) is 0.160. The summed E-state index contributed by atoms with van der Waals surface area (Å²) in [4.78, 5) is 55.9. The van der Waals surface area contributed by atoms with Crippen LogP contribution in [-0.4, -0.2) is 70.6 Å². The van der Waals surface area contributed by atoms with Crippen molar-refractivity contribution in [2.75, 3.05) is 13.1 Å². The standard InChI is InChI=1S/C25H35F3N6O6/c1-24(2,3)40-23(39)33-18(14-7-4-8-15(13-14)25(26,27)28)20(36)34-12-6-10-17(34)19(35)32-16(21(37)38)9-5-11-31-22(29)30/h4,7-8,13,16-18H,5-6,9-12H2,1-3H3,(H,32,35)(H,33,39)(H,37,38)(H4,29,30,31)/t16-,17-,18-/m0/s1. The molecular weight excluding hydrogens is 537 g/mol. The predicted octanol–water partition coefficient (Wildman–Crippen LogP) is 1.89. The highest BCUT2D eigenvalue weighted by Gasteiger charge is 2.40. The van der Waals surface area contributed by atoms with Gasteiger partial charge in [0.25, 0.3) is 5.91 Å². The van der Waals surface area contributed by atoms with Crippen LogP contribution in [0.25, 0.3) is 0 Å². The average molecular weight is 573 g/mol. The van der Waals surface area contributed by atoms with Crippen LogP contribution in [0.3, 0.4) is 0 Å². The predicted molar refractivity (Wildman–Crippen MR) is 138 cm³/mol. The molecule has 0 unspecified atom stereocenters. The molecule has 1 aromatic rings. The van der Waals surface area contributed by atoms with Crippen molar-refractivity contribution in [3.8, 4) is 0 Å². The summed E-state index contributed by atoms with van der Waals surface area (Å²) in [7, 11) is 0. The third-order valence-electron chi connectivity index (χ3n) is 5.85. The number of guanidine groups is 1. The van der Waals surface area contributed by atoms with E-state index in [4.69, 9.17) is 16.2 Å². The fraction of sp³-hybridized carbons (Fsp3) is 0.560. The number of carboxylic acids is 1. The Labute approximate surface area is 229 Å². The van der Waals surface area contributed by atoms with Crippen molar-refractivity contribution in [3.63, 3.8) is 0 Å². The van der Waals surface area contributed by atoms with E-state index in [2.05, 4.69) is 15.6 Å². The molecule has 3 amide bonds. The first-order valence-electron chi connectivity index (χ1n) is 12.6. The van der Waals surface area contributed by atoms with Crippen molar-refractivity contribution in [1.82, 2.24) is 15.5 Å². The molecule has 15 heteroatoms. The van der Waals surface area contributed by atoms with E-state index in [1.807, 2.05) is 0 Å². The number of nitrogens with zero attached hydrogens (tertiary/aromatic N) is 2. The van der Waals surface area contributed by atoms with E-state index in [0.717, 1.165) is 23.1 Å². The molecule has 1 aromatic carbocycles. The van der Waals surface area contributed by atoms with E-state index >= 15 is 0 Å². The van der Waals surface area contributed by atoms with Gasteiger partial charge < -0.3 is 36.8 Å². The van der Waals surface area contributed by atoms with Gasteiger partial charge in [-0.15, -0.1) is 0 Å². The summed E-state index contributed by atoms with van der Waals surface area (Å²) in [5, 5.41) is 14.3. The number of amides is 3. The zero-order valence-electron chi connectivity index (χ0n) is 22.5. The van der Waals surface area contributed by atoms with Gasteiger partial charge in [-0.1, -0.05) is 12.1 Å². The Bertz CT molecular complexity index is 1120. The Morgan fingerprint density at radius 1 is 1.18 bits per heavy atom. The Kier molecular flexibility index (Phi) is 10.7. The second-order valence-corrected chi connectivity index (χ2v) is 10.2. The van der Waals surface area contributed by atoms with Crippen LogP contribution in [0.5, 0.6) is 0 Å². The molecule has 7 N–H and O–H groups in total. The first kappa shape index (κ1) is 32.2. The minimum absolute atomic E-state index is 0.00553. The van der Waals surface area contributed by atoms with Crippen LogP contribution in [-0.2, 0) is 25.3 Å². The minimum Gasteiger partial charge on any atom is -0.480 e. The molecule has 3 atom stereocenters. The number of alkyl halides is 3. The van der Waals surface area contributed by atoms with E-state index in [0.29, 0.717) is 6.42 Å². The number of nitrogens with two attached hydrogens (primary N) is 2. The highest BCUT2D eigenvalue weighted by molar-refractivity contribution is 5.94. The number of aliphatic carboxylic acids is 1. The third-order valence-corrected chi connectivity index (χ3v) is 5.85. The molecule has 1 heterocycles. The fourth-order valence-electron chi connectivity index (χ4n) is 4.11. The Hall–Kier alpha value is -4.04. The van der Waals surface area contributed by atoms with Crippen LogP contribution in [0.2, 0.25) is 0 Å². The molecule has 2 rings (SSSR count). The number of carbonyl (C=O) groups excluding carboxylic acids is 3. The first-order chi connectivity index (χ1) is 18.5. The highest BCUT2D eigenvalue weighted by Crippen LogP contribution is 2.32. The largest absolute Gasteiger partial charge is 0.480 e. The van der Waals surface area contributed by atoms with E-state index in [1.165, 1.54) is 6.07 Å². The number of likely N-dealkylation sites (tertiary alicyclic amines) is 1. The van der Waals surface area contributed by atoms with Crippen LogP contribution in [0.4, 0.5) is 18.0 Å². The van der Waals surface area contributed by atoms with Gasteiger partial charge in [0, 0.05) is 13.1 Å². The zero-order valence-corrected chi connectivity index (χ0v) is 22.5. The van der Waals surface area contributed by atoms with Gasteiger partial charge in [-0.3, -0.25) is 14.6 Å². The van der Waals surface area contributed by atoms with E-state index in [1.54, 1.807) is 20.8 Å². The number of carbonyl (C=O) groups is 4. The van der Waals surface area contributed by atoms with Crippen molar-refractivity contribution in [3.05, 3.63) is 35.4 Å². The van der Waals surface area contributed by atoms with Gasteiger partial charge in [0.1, 0.15) is 23.7 Å². The summed E-state index contributed by atoms with van der Waals surface area (Å²) in [5.41, 5.74) is 8.33. The maximum absolute atomic E-state index is 13.7. The van der Waals surface area contributed by atoms with Gasteiger partial charge >= 0.3 is 18.2 Å². The molecule has 40 heavy (non-hydrogen) atoms. The Morgan fingerprint density at radius 2 is 1.85 bits per heavy atom. The molecule has 1 saturated heterocycles. The molecule has 0 aromatic heterocycles. The van der Waals surface area contributed by atoms with Gasteiger partial charge in [-0.2, -0.15) is 13.2 Å². The van der Waals surface area contributed by atoms with Gasteiger partial charge in [-0.05, 0) is 64.2 Å². The Morgan fingerprint density at radius 3 is 2.42 bits per heavy atom. The Balaban J connectivity index is 2.30. The van der Waals surface area contributed by atoms with Crippen molar-refractivity contribution in [1.29, 1.82) is 0 Å². The van der Waals surface area contributed by atoms with Crippen LogP contribution in [0.1, 0.15) is 63.6 Å². The second kappa shape index (κ2) is 13.3. The maximum Gasteiger partial charge on any atom is 0.416 e. The summed E-state index contributed by atoms with van der Waals surface area (Å²) in [5.74, 6) is -3.06. The fourth-order valence-corrected chi connectivity index (χ4v) is 4.11. The number of ether oxygens (including phenoxy) is 1. The van der Waals surface area contributed by atoms with E-state index < -0.39 is 59.3 Å². The summed E-state index contributed by atoms with van der Waals surface area (Å²) in [6.07, 6.45) is -4.95. The van der Waals surface area contributed by atoms with Crippen molar-refractivity contribution in [2.45, 2.75) is 76.4 Å². The molecule has 0 bridgehead atoms. The smallest absolute Gasteiger partial charge is 0.416 e. The first-order valence-corrected chi connectivity index (χ1v) is 12.6. The highest BCUT2D eigenvalue weighted by atomic mass is 19.4. The lowest BCUT2D eigenvalue weighted by Crippen LogP contribution is -2.53. The number of carboxylic acid groups (broad SMARTS) is 1.